The maximum Gasteiger partial charge on any atom is 0.0920 e. The van der Waals surface area contributed by atoms with Gasteiger partial charge in [-0.3, -0.25) is 0 Å². The van der Waals surface area contributed by atoms with Gasteiger partial charge < -0.3 is 0 Å². The van der Waals surface area contributed by atoms with Crippen molar-refractivity contribution in [3.63, 3.8) is 0 Å². The van der Waals surface area contributed by atoms with Gasteiger partial charge in [0.25, 0.3) is 0 Å². The molecule has 4 heteroatoms. The summed E-state index contributed by atoms with van der Waals surface area (Å²) in [6, 6.07) is 34.9. The van der Waals surface area contributed by atoms with E-state index in [4.69, 9.17) is 17.0 Å². The van der Waals surface area contributed by atoms with Crippen LogP contribution >= 0.6 is 17.0 Å². The van der Waals surface area contributed by atoms with Crippen molar-refractivity contribution in [3.05, 3.63) is 113 Å². The molecule has 5 aromatic carbocycles. The molecule has 1 aliphatic rings. The molecule has 0 spiro atoms. The Kier molecular flexibility index (Phi) is 12.4. The van der Waals surface area contributed by atoms with Crippen molar-refractivity contribution in [2.45, 2.75) is 72.6 Å². The van der Waals surface area contributed by atoms with Crippen molar-refractivity contribution < 1.29 is 20.8 Å². The predicted octanol–water partition coefficient (Wildman–Crippen LogP) is 10.5. The summed E-state index contributed by atoms with van der Waals surface area (Å²) in [7, 11) is 10.7. The molecule has 0 saturated heterocycles. The standard InChI is InChI=1S/C26H33.C12H7Si.2ClH.Zr/c1-7-9-19-12-21-11-10-20(8-2)26(25(21)13-19)24-15-22(17(3)4)14-23(16-24)18(5)6;1-3-7-11-9(5-1)10-6-2-4-8-12(10)13-11;;;/h10-18H,7-9H2,1-6H3;1-7H;2*1H;/q2*-1;;;+4/p-2. The fourth-order valence-corrected chi connectivity index (χ4v) is 6.98. The van der Waals surface area contributed by atoms with Crippen molar-refractivity contribution in [3.8, 4) is 22.3 Å². The minimum Gasteiger partial charge on any atom is -0.184 e. The third-order valence-corrected chi connectivity index (χ3v) is 9.26. The summed E-state index contributed by atoms with van der Waals surface area (Å²) in [5, 5.41) is 5.65. The number of halogens is 2. The van der Waals surface area contributed by atoms with E-state index in [1.54, 1.807) is 0 Å². The Hall–Kier alpha value is -1.83. The number of rotatable bonds is 6. The maximum atomic E-state index is 4.93. The Morgan fingerprint density at radius 3 is 2.14 bits per heavy atom. The van der Waals surface area contributed by atoms with Crippen LogP contribution in [-0.4, -0.2) is 9.52 Å². The van der Waals surface area contributed by atoms with Crippen LogP contribution in [0.25, 0.3) is 33.0 Å². The average Bonchev–Trinajstić information content (AvgIpc) is 3.58. The molecule has 0 N–H and O–H groups in total. The Bertz CT molecular complexity index is 1550. The molecule has 214 valence electrons. The van der Waals surface area contributed by atoms with Crippen LogP contribution in [0, 0.1) is 6.07 Å². The van der Waals surface area contributed by atoms with Crippen molar-refractivity contribution >= 4 is 47.7 Å². The van der Waals surface area contributed by atoms with E-state index in [0.717, 1.165) is 15.9 Å². The minimum atomic E-state index is -0.826. The van der Waals surface area contributed by atoms with Gasteiger partial charge in [0.15, 0.2) is 0 Å². The van der Waals surface area contributed by atoms with Crippen LogP contribution < -0.4 is 10.4 Å². The molecule has 5 aromatic rings. The molecule has 0 amide bonds. The van der Waals surface area contributed by atoms with Crippen molar-refractivity contribution in [1.82, 2.24) is 0 Å². The predicted molar refractivity (Wildman–Crippen MR) is 184 cm³/mol. The van der Waals surface area contributed by atoms with Gasteiger partial charge in [0, 0.05) is 0 Å². The van der Waals surface area contributed by atoms with Crippen molar-refractivity contribution in [1.29, 1.82) is 0 Å². The van der Waals surface area contributed by atoms with Crippen LogP contribution in [0.1, 0.15) is 82.1 Å². The first-order valence-corrected chi connectivity index (χ1v) is 22.3. The first-order chi connectivity index (χ1) is 20.3. The van der Waals surface area contributed by atoms with Gasteiger partial charge in [-0.2, -0.15) is 35.5 Å². The SMILES string of the molecule is CCCc1cc2c(-c3cc(C(C)C)cc(C(C)C)c3)c(CC)ccc2[cH-]1.[Cl][Zr+2][Cl].[c-]1cccc2c1[Si]c1ccccc1-2. The van der Waals surface area contributed by atoms with Gasteiger partial charge in [-0.15, -0.1) is 40.1 Å². The van der Waals surface area contributed by atoms with Gasteiger partial charge >= 0.3 is 37.9 Å². The molecule has 0 saturated carbocycles. The third kappa shape index (κ3) is 7.81. The molecule has 0 nitrogen and oxygen atoms in total. The van der Waals surface area contributed by atoms with Gasteiger partial charge in [0.1, 0.15) is 0 Å². The van der Waals surface area contributed by atoms with E-state index in [0.29, 0.717) is 11.8 Å². The number of aryl methyl sites for hydroxylation is 2. The molecule has 42 heavy (non-hydrogen) atoms. The van der Waals surface area contributed by atoms with Gasteiger partial charge in [-0.25, -0.2) is 0 Å². The summed E-state index contributed by atoms with van der Waals surface area (Å²) in [5.74, 6) is 1.10. The van der Waals surface area contributed by atoms with Gasteiger partial charge in [-0.1, -0.05) is 112 Å². The van der Waals surface area contributed by atoms with Crippen LogP contribution in [0.3, 0.4) is 0 Å². The van der Waals surface area contributed by atoms with Crippen LogP contribution in [0.15, 0.2) is 84.9 Å². The normalized spacial score (nSPS) is 11.4. The van der Waals surface area contributed by atoms with E-state index in [1.807, 2.05) is 6.07 Å². The smallest absolute Gasteiger partial charge is 0.0920 e. The molecule has 0 aromatic heterocycles. The van der Waals surface area contributed by atoms with Crippen molar-refractivity contribution in [2.75, 3.05) is 0 Å². The molecular weight excluding hydrogens is 647 g/mol. The third-order valence-electron chi connectivity index (χ3n) is 7.89. The molecule has 1 heterocycles. The molecule has 0 aliphatic carbocycles. The van der Waals surface area contributed by atoms with E-state index in [2.05, 4.69) is 126 Å². The largest absolute Gasteiger partial charge is 0.184 e. The zero-order valence-corrected chi connectivity index (χ0v) is 30.6. The van der Waals surface area contributed by atoms with Crippen LogP contribution in [0.5, 0.6) is 0 Å². The second-order valence-corrected chi connectivity index (χ2v) is 16.5. The Morgan fingerprint density at radius 1 is 0.833 bits per heavy atom. The average molecular weight is 687 g/mol. The molecule has 0 bridgehead atoms. The zero-order valence-electron chi connectivity index (χ0n) is 25.6. The van der Waals surface area contributed by atoms with Gasteiger partial charge in [0.2, 0.25) is 0 Å². The zero-order chi connectivity index (χ0) is 30.2. The van der Waals surface area contributed by atoms with E-state index in [9.17, 15) is 0 Å². The Balaban J connectivity index is 0.000000209. The molecular formula is C38H40Cl2SiZr. The van der Waals surface area contributed by atoms with E-state index in [-0.39, 0.29) is 0 Å². The molecule has 0 unspecified atom stereocenters. The monoisotopic (exact) mass is 684 g/mol. The van der Waals surface area contributed by atoms with Crippen LogP contribution in [-0.2, 0) is 33.7 Å². The first-order valence-electron chi connectivity index (χ1n) is 15.0. The van der Waals surface area contributed by atoms with Gasteiger partial charge in [-0.05, 0) is 41.4 Å². The molecule has 1 aliphatic heterocycles. The van der Waals surface area contributed by atoms with Crippen molar-refractivity contribution in [2.24, 2.45) is 0 Å². The number of benzene rings is 4. The number of fused-ring (bicyclic) bond motifs is 4. The Morgan fingerprint density at radius 2 is 1.50 bits per heavy atom. The topological polar surface area (TPSA) is 0 Å². The number of hydrogen-bond donors (Lipinski definition) is 0. The summed E-state index contributed by atoms with van der Waals surface area (Å²) < 4.78 is 0. The number of hydrogen-bond acceptors (Lipinski definition) is 0. The summed E-state index contributed by atoms with van der Waals surface area (Å²) in [5.41, 5.74) is 11.5. The quantitative estimate of drug-likeness (QED) is 0.121. The second-order valence-electron chi connectivity index (χ2n) is 11.5. The van der Waals surface area contributed by atoms with Crippen LogP contribution in [0.4, 0.5) is 0 Å². The second kappa shape index (κ2) is 15.8. The molecule has 2 radical (unpaired) electrons. The molecule has 0 fully saturated rings. The summed E-state index contributed by atoms with van der Waals surface area (Å²) in [6.07, 6.45) is 3.44. The summed E-state index contributed by atoms with van der Waals surface area (Å²) in [4.78, 5) is 0. The maximum absolute atomic E-state index is 4.93. The fourth-order valence-electron chi connectivity index (χ4n) is 5.67. The minimum absolute atomic E-state index is 0.548. The molecule has 6 rings (SSSR count). The van der Waals surface area contributed by atoms with E-state index < -0.39 is 20.8 Å². The van der Waals surface area contributed by atoms with E-state index >= 15 is 0 Å². The summed E-state index contributed by atoms with van der Waals surface area (Å²) in [6.45, 7) is 13.7. The summed E-state index contributed by atoms with van der Waals surface area (Å²) >= 11 is -0.826. The molecule has 0 atom stereocenters. The van der Waals surface area contributed by atoms with Gasteiger partial charge in [0.05, 0.1) is 9.52 Å². The fraction of sp³-hybridized carbons (Fsp3) is 0.289. The first kappa shape index (κ1) is 33.1. The van der Waals surface area contributed by atoms with E-state index in [1.165, 1.54) is 78.5 Å². The Labute approximate surface area is 274 Å². The van der Waals surface area contributed by atoms with Crippen LogP contribution in [0.2, 0.25) is 0 Å².